The molecule has 2 rings (SSSR count). The smallest absolute Gasteiger partial charge is 0.260 e. The highest BCUT2D eigenvalue weighted by Crippen LogP contribution is 2.29. The summed E-state index contributed by atoms with van der Waals surface area (Å²) in [7, 11) is 0. The largest absolute Gasteiger partial charge is 0.441 e. The van der Waals surface area contributed by atoms with Gasteiger partial charge in [-0.2, -0.15) is 0 Å². The number of hydrogen-bond acceptors (Lipinski definition) is 5. The highest BCUT2D eigenvalue weighted by molar-refractivity contribution is 6.30. The summed E-state index contributed by atoms with van der Waals surface area (Å²) in [5.74, 6) is 0.606. The van der Waals surface area contributed by atoms with Crippen LogP contribution in [0.5, 0.6) is 0 Å². The number of nitrogens with zero attached hydrogens (tertiary/aromatic N) is 3. The maximum atomic E-state index is 14.9. The predicted octanol–water partition coefficient (Wildman–Crippen LogP) is 3.68. The van der Waals surface area contributed by atoms with Crippen molar-refractivity contribution in [2.24, 2.45) is 0 Å². The number of halogens is 2. The molecule has 1 amide bonds. The van der Waals surface area contributed by atoms with E-state index < -0.39 is 11.6 Å². The van der Waals surface area contributed by atoms with Gasteiger partial charge in [0.15, 0.2) is 0 Å². The fraction of sp³-hybridized carbons (Fsp3) is 0.545. The van der Waals surface area contributed by atoms with Crippen molar-refractivity contribution < 1.29 is 13.6 Å². The fourth-order valence-corrected chi connectivity index (χ4v) is 3.39. The Kier molecular flexibility index (Phi) is 8.82. The number of aromatic nitrogens is 1. The highest BCUT2D eigenvalue weighted by atomic mass is 35.5. The number of aryl methyl sites for hydroxylation is 1. The zero-order valence-electron chi connectivity index (χ0n) is 18.3. The van der Waals surface area contributed by atoms with Crippen LogP contribution >= 0.6 is 11.6 Å². The van der Waals surface area contributed by atoms with Crippen molar-refractivity contribution in [2.45, 2.75) is 39.9 Å². The number of carbonyl (C=O) groups excluding carboxylic acids is 1. The van der Waals surface area contributed by atoms with Gasteiger partial charge in [0.25, 0.3) is 5.91 Å². The second-order valence-corrected chi connectivity index (χ2v) is 7.92. The number of oxazole rings is 1. The summed E-state index contributed by atoms with van der Waals surface area (Å²) in [5.41, 5.74) is -0.338. The molecule has 6 nitrogen and oxygen atoms in total. The van der Waals surface area contributed by atoms with E-state index in [4.69, 9.17) is 16.0 Å². The van der Waals surface area contributed by atoms with E-state index in [9.17, 15) is 9.18 Å². The molecule has 1 aliphatic heterocycles. The summed E-state index contributed by atoms with van der Waals surface area (Å²) in [6.45, 7) is 15.0. The average Bonchev–Trinajstić information content (AvgIpc) is 3.04. The Morgan fingerprint density at radius 3 is 2.63 bits per heavy atom. The second kappa shape index (κ2) is 10.9. The van der Waals surface area contributed by atoms with Crippen molar-refractivity contribution in [1.29, 1.82) is 0 Å². The molecule has 1 saturated heterocycles. The van der Waals surface area contributed by atoms with Crippen LogP contribution in [0.15, 0.2) is 34.3 Å². The van der Waals surface area contributed by atoms with E-state index >= 15 is 0 Å². The van der Waals surface area contributed by atoms with Crippen molar-refractivity contribution in [2.75, 3.05) is 39.3 Å². The molecule has 0 bridgehead atoms. The first-order valence-corrected chi connectivity index (χ1v) is 10.7. The van der Waals surface area contributed by atoms with Gasteiger partial charge in [-0.15, -0.1) is 0 Å². The van der Waals surface area contributed by atoms with Gasteiger partial charge in [-0.05, 0) is 39.1 Å². The lowest BCUT2D eigenvalue weighted by Gasteiger charge is -2.42. The SMILES string of the molecule is C=C(Cl)/C=C\C(=C/C)c1nc(CN2CC(F)(C(=O)NCCN(CC)CC)C2)c(C)o1. The molecule has 0 atom stereocenters. The molecular weight excluding hydrogens is 407 g/mol. The molecule has 8 heteroatoms. The van der Waals surface area contributed by atoms with Gasteiger partial charge in [-0.1, -0.05) is 38.1 Å². The van der Waals surface area contributed by atoms with Gasteiger partial charge in [0.05, 0.1) is 5.69 Å². The summed E-state index contributed by atoms with van der Waals surface area (Å²) in [5, 5.41) is 3.13. The minimum Gasteiger partial charge on any atom is -0.441 e. The van der Waals surface area contributed by atoms with E-state index in [1.54, 1.807) is 12.2 Å². The van der Waals surface area contributed by atoms with Crippen LogP contribution in [-0.4, -0.2) is 65.6 Å². The lowest BCUT2D eigenvalue weighted by molar-refractivity contribution is -0.145. The van der Waals surface area contributed by atoms with Gasteiger partial charge in [0.1, 0.15) is 5.76 Å². The van der Waals surface area contributed by atoms with Crippen LogP contribution in [0.3, 0.4) is 0 Å². The Labute approximate surface area is 183 Å². The maximum absolute atomic E-state index is 14.9. The summed E-state index contributed by atoms with van der Waals surface area (Å²) < 4.78 is 20.6. The van der Waals surface area contributed by atoms with Gasteiger partial charge in [0, 0.05) is 43.3 Å². The van der Waals surface area contributed by atoms with Crippen LogP contribution in [-0.2, 0) is 11.3 Å². The summed E-state index contributed by atoms with van der Waals surface area (Å²) in [6, 6.07) is 0. The van der Waals surface area contributed by atoms with Crippen LogP contribution in [0.1, 0.15) is 38.1 Å². The van der Waals surface area contributed by atoms with Crippen LogP contribution in [0.4, 0.5) is 4.39 Å². The molecule has 1 aromatic rings. The van der Waals surface area contributed by atoms with Crippen molar-refractivity contribution in [3.63, 3.8) is 0 Å². The van der Waals surface area contributed by atoms with E-state index in [1.165, 1.54) is 0 Å². The number of amides is 1. The molecule has 1 aromatic heterocycles. The Morgan fingerprint density at radius 2 is 2.07 bits per heavy atom. The van der Waals surface area contributed by atoms with Gasteiger partial charge < -0.3 is 14.6 Å². The van der Waals surface area contributed by atoms with Crippen molar-refractivity contribution in [1.82, 2.24) is 20.1 Å². The van der Waals surface area contributed by atoms with E-state index in [-0.39, 0.29) is 13.1 Å². The third kappa shape index (κ3) is 6.27. The molecule has 166 valence electrons. The number of carbonyl (C=O) groups is 1. The standard InChI is InChI=1S/C22H32ClFN4O2/c1-6-18(10-9-16(4)23)20-26-19(17(5)30-20)13-28-14-22(24,15-28)21(29)25-11-12-27(7-2)8-3/h6,9-10H,4,7-8,11-15H2,1-3,5H3,(H,25,29)/b10-9-,18-6+. The molecule has 1 fully saturated rings. The van der Waals surface area contributed by atoms with Crippen molar-refractivity contribution in [3.8, 4) is 0 Å². The number of alkyl halides is 1. The molecule has 0 spiro atoms. The minimum atomic E-state index is -1.85. The fourth-order valence-electron chi connectivity index (χ4n) is 3.32. The topological polar surface area (TPSA) is 61.6 Å². The van der Waals surface area contributed by atoms with E-state index in [0.717, 1.165) is 30.9 Å². The number of allylic oxidation sites excluding steroid dienone is 5. The van der Waals surface area contributed by atoms with E-state index in [2.05, 4.69) is 35.6 Å². The number of rotatable bonds is 11. The molecule has 0 saturated carbocycles. The molecule has 1 aliphatic rings. The van der Waals surface area contributed by atoms with Crippen LogP contribution < -0.4 is 5.32 Å². The predicted molar refractivity (Wildman–Crippen MR) is 119 cm³/mol. The molecule has 0 unspecified atom stereocenters. The summed E-state index contributed by atoms with van der Waals surface area (Å²) in [4.78, 5) is 20.8. The van der Waals surface area contributed by atoms with E-state index in [0.29, 0.717) is 29.8 Å². The molecule has 30 heavy (non-hydrogen) atoms. The quantitative estimate of drug-likeness (QED) is 0.534. The number of likely N-dealkylation sites (N-methyl/N-ethyl adjacent to an activating group) is 1. The Bertz CT molecular complexity index is 808. The zero-order valence-corrected chi connectivity index (χ0v) is 19.1. The van der Waals surface area contributed by atoms with Crippen LogP contribution in [0, 0.1) is 6.92 Å². The summed E-state index contributed by atoms with van der Waals surface area (Å²) in [6.07, 6.45) is 5.31. The highest BCUT2D eigenvalue weighted by Gasteiger charge is 2.50. The average molecular weight is 439 g/mol. The number of hydrogen-bond donors (Lipinski definition) is 1. The molecule has 2 heterocycles. The van der Waals surface area contributed by atoms with Gasteiger partial charge in [-0.25, -0.2) is 9.37 Å². The van der Waals surface area contributed by atoms with Crippen molar-refractivity contribution >= 4 is 23.1 Å². The molecule has 0 radical (unpaired) electrons. The normalized spacial score (nSPS) is 16.8. The molecule has 0 aliphatic carbocycles. The van der Waals surface area contributed by atoms with Crippen molar-refractivity contribution in [3.05, 3.63) is 47.2 Å². The first kappa shape index (κ1) is 24.3. The van der Waals surface area contributed by atoms with Crippen LogP contribution in [0.25, 0.3) is 5.57 Å². The van der Waals surface area contributed by atoms with E-state index in [1.807, 2.05) is 24.8 Å². The van der Waals surface area contributed by atoms with Gasteiger partial charge in [0.2, 0.25) is 11.6 Å². The molecule has 1 N–H and O–H groups in total. The zero-order chi connectivity index (χ0) is 22.3. The Balaban J connectivity index is 1.89. The lowest BCUT2D eigenvalue weighted by atomic mass is 9.95. The lowest BCUT2D eigenvalue weighted by Crippen LogP contribution is -2.65. The summed E-state index contributed by atoms with van der Waals surface area (Å²) >= 11 is 5.78. The van der Waals surface area contributed by atoms with Gasteiger partial charge >= 0.3 is 0 Å². The molecular formula is C22H32ClFN4O2. The number of likely N-dealkylation sites (tertiary alicyclic amines) is 1. The minimum absolute atomic E-state index is 0.0498. The third-order valence-electron chi connectivity index (χ3n) is 5.23. The maximum Gasteiger partial charge on any atom is 0.260 e. The Hall–Kier alpha value is -1.96. The third-order valence-corrected chi connectivity index (χ3v) is 5.36. The second-order valence-electron chi connectivity index (χ2n) is 7.44. The first-order chi connectivity index (χ1) is 14.2. The van der Waals surface area contributed by atoms with Crippen LogP contribution in [0.2, 0.25) is 0 Å². The van der Waals surface area contributed by atoms with Gasteiger partial charge in [-0.3, -0.25) is 9.69 Å². The first-order valence-electron chi connectivity index (χ1n) is 10.3. The molecule has 0 aromatic carbocycles. The Morgan fingerprint density at radius 1 is 1.40 bits per heavy atom. The number of nitrogens with one attached hydrogen (secondary N) is 1. The monoisotopic (exact) mass is 438 g/mol.